The Kier molecular flexibility index (Phi) is 4.93. The van der Waals surface area contributed by atoms with Crippen molar-refractivity contribution < 1.29 is 22.7 Å². The molecule has 0 saturated carbocycles. The first-order valence-corrected chi connectivity index (χ1v) is 7.63. The van der Waals surface area contributed by atoms with E-state index in [-0.39, 0.29) is 5.56 Å². The van der Waals surface area contributed by atoms with Gasteiger partial charge in [0.25, 0.3) is 5.91 Å². The Morgan fingerprint density at radius 1 is 1.29 bits per heavy atom. The summed E-state index contributed by atoms with van der Waals surface area (Å²) in [6.07, 6.45) is -3.42. The number of halogens is 4. The van der Waals surface area contributed by atoms with Crippen LogP contribution in [0.5, 0.6) is 0 Å². The summed E-state index contributed by atoms with van der Waals surface area (Å²) in [5, 5.41) is 3.22. The average Bonchev–Trinajstić information content (AvgIpc) is 2.47. The largest absolute Gasteiger partial charge is 0.417 e. The van der Waals surface area contributed by atoms with Crippen LogP contribution in [0, 0.1) is 0 Å². The molecule has 1 aromatic carbocycles. The summed E-state index contributed by atoms with van der Waals surface area (Å²) >= 11 is 3.33. The molecule has 1 saturated heterocycles. The number of hydrogen-bond donors (Lipinski definition) is 1. The lowest BCUT2D eigenvalue weighted by atomic mass is 9.91. The number of carbonyl (C=O) groups excluding carboxylic acids is 1. The highest BCUT2D eigenvalue weighted by Crippen LogP contribution is 2.32. The van der Waals surface area contributed by atoms with Crippen LogP contribution in [-0.2, 0) is 10.9 Å². The van der Waals surface area contributed by atoms with Crippen molar-refractivity contribution in [1.82, 2.24) is 5.32 Å². The Bertz CT molecular complexity index is 513. The van der Waals surface area contributed by atoms with Gasteiger partial charge in [0.2, 0.25) is 0 Å². The molecule has 1 N–H and O–H groups in total. The van der Waals surface area contributed by atoms with Gasteiger partial charge in [-0.05, 0) is 25.0 Å². The molecule has 0 radical (unpaired) electrons. The molecule has 21 heavy (non-hydrogen) atoms. The topological polar surface area (TPSA) is 38.3 Å². The summed E-state index contributed by atoms with van der Waals surface area (Å²) in [6.45, 7) is 0.958. The highest BCUT2D eigenvalue weighted by Gasteiger charge is 2.38. The predicted octanol–water partition coefficient (Wildman–Crippen LogP) is 3.38. The van der Waals surface area contributed by atoms with E-state index in [1.807, 2.05) is 0 Å². The fourth-order valence-electron chi connectivity index (χ4n) is 2.29. The summed E-state index contributed by atoms with van der Waals surface area (Å²) in [6, 6.07) is 4.81. The van der Waals surface area contributed by atoms with Crippen LogP contribution >= 0.6 is 15.9 Å². The fraction of sp³-hybridized carbons (Fsp3) is 0.500. The highest BCUT2D eigenvalue weighted by molar-refractivity contribution is 9.09. The first-order chi connectivity index (χ1) is 9.88. The zero-order valence-electron chi connectivity index (χ0n) is 11.2. The Labute approximate surface area is 129 Å². The van der Waals surface area contributed by atoms with Crippen molar-refractivity contribution in [2.24, 2.45) is 0 Å². The quantitative estimate of drug-likeness (QED) is 0.833. The van der Waals surface area contributed by atoms with E-state index < -0.39 is 23.2 Å². The Morgan fingerprint density at radius 3 is 2.48 bits per heavy atom. The van der Waals surface area contributed by atoms with Crippen LogP contribution in [0.2, 0.25) is 0 Å². The smallest absolute Gasteiger partial charge is 0.381 e. The van der Waals surface area contributed by atoms with Crippen LogP contribution in [0.15, 0.2) is 24.3 Å². The van der Waals surface area contributed by atoms with Crippen LogP contribution in [0.25, 0.3) is 0 Å². The molecule has 1 heterocycles. The molecule has 7 heteroatoms. The zero-order valence-corrected chi connectivity index (χ0v) is 12.8. The second kappa shape index (κ2) is 6.36. The molecule has 0 atom stereocenters. The van der Waals surface area contributed by atoms with E-state index in [1.54, 1.807) is 0 Å². The van der Waals surface area contributed by atoms with Gasteiger partial charge in [-0.25, -0.2) is 0 Å². The summed E-state index contributed by atoms with van der Waals surface area (Å²) in [5.41, 5.74) is -1.83. The minimum absolute atomic E-state index is 0.350. The fourth-order valence-corrected chi connectivity index (χ4v) is 2.99. The summed E-state index contributed by atoms with van der Waals surface area (Å²) in [7, 11) is 0. The maximum atomic E-state index is 13.0. The number of nitrogens with one attached hydrogen (secondary N) is 1. The van der Waals surface area contributed by atoms with Crippen molar-refractivity contribution in [2.75, 3.05) is 18.5 Å². The number of ether oxygens (including phenoxy) is 1. The molecule has 116 valence electrons. The van der Waals surface area contributed by atoms with E-state index in [9.17, 15) is 18.0 Å². The maximum absolute atomic E-state index is 13.0. The molecular weight excluding hydrogens is 351 g/mol. The minimum Gasteiger partial charge on any atom is -0.381 e. The van der Waals surface area contributed by atoms with Crippen LogP contribution in [-0.4, -0.2) is 30.0 Å². The van der Waals surface area contributed by atoms with Gasteiger partial charge < -0.3 is 10.1 Å². The van der Waals surface area contributed by atoms with Crippen molar-refractivity contribution >= 4 is 21.8 Å². The Hall–Kier alpha value is -1.08. The molecule has 1 fully saturated rings. The van der Waals surface area contributed by atoms with Crippen molar-refractivity contribution in [3.05, 3.63) is 35.4 Å². The van der Waals surface area contributed by atoms with Crippen molar-refractivity contribution in [1.29, 1.82) is 0 Å². The zero-order chi connectivity index (χ0) is 15.5. The van der Waals surface area contributed by atoms with Gasteiger partial charge in [-0.15, -0.1) is 0 Å². The molecule has 1 aliphatic rings. The molecule has 0 bridgehead atoms. The summed E-state index contributed by atoms with van der Waals surface area (Å²) in [4.78, 5) is 12.3. The maximum Gasteiger partial charge on any atom is 0.417 e. The van der Waals surface area contributed by atoms with Crippen molar-refractivity contribution in [3.63, 3.8) is 0 Å². The molecular formula is C14H15BrF3NO2. The van der Waals surface area contributed by atoms with Crippen LogP contribution in [0.3, 0.4) is 0 Å². The molecule has 1 amide bonds. The normalized spacial score (nSPS) is 18.3. The van der Waals surface area contributed by atoms with Gasteiger partial charge in [0.1, 0.15) is 0 Å². The lowest BCUT2D eigenvalue weighted by Crippen LogP contribution is -2.53. The SMILES string of the molecule is O=C(NC1(CBr)CCOCC1)c1ccccc1C(F)(F)F. The monoisotopic (exact) mass is 365 g/mol. The first kappa shape index (κ1) is 16.3. The first-order valence-electron chi connectivity index (χ1n) is 6.50. The highest BCUT2D eigenvalue weighted by atomic mass is 79.9. The predicted molar refractivity (Wildman–Crippen MR) is 75.5 cm³/mol. The van der Waals surface area contributed by atoms with Crippen molar-refractivity contribution in [3.8, 4) is 0 Å². The number of alkyl halides is 4. The van der Waals surface area contributed by atoms with E-state index in [2.05, 4.69) is 21.2 Å². The average molecular weight is 366 g/mol. The second-order valence-corrected chi connectivity index (χ2v) is 5.58. The molecule has 1 aromatic rings. The van der Waals surface area contributed by atoms with Crippen LogP contribution < -0.4 is 5.32 Å². The van der Waals surface area contributed by atoms with Gasteiger partial charge in [0.05, 0.1) is 16.7 Å². The standard InChI is InChI=1S/C14H15BrF3NO2/c15-9-13(5-7-21-8-6-13)19-12(20)10-3-1-2-4-11(10)14(16,17)18/h1-4H,5-9H2,(H,19,20). The molecule has 1 aliphatic heterocycles. The van der Waals surface area contributed by atoms with Gasteiger partial charge >= 0.3 is 6.18 Å². The summed E-state index contributed by atoms with van der Waals surface area (Å²) < 4.78 is 44.1. The van der Waals surface area contributed by atoms with Gasteiger partial charge in [-0.1, -0.05) is 28.1 Å². The summed E-state index contributed by atoms with van der Waals surface area (Å²) in [5.74, 6) is -0.704. The third kappa shape index (κ3) is 3.77. The third-order valence-corrected chi connectivity index (χ3v) is 4.63. The van der Waals surface area contributed by atoms with Gasteiger partial charge in [0.15, 0.2) is 0 Å². The second-order valence-electron chi connectivity index (χ2n) is 5.02. The van der Waals surface area contributed by atoms with Gasteiger partial charge in [-0.3, -0.25) is 4.79 Å². The van der Waals surface area contributed by atoms with Crippen molar-refractivity contribution in [2.45, 2.75) is 24.6 Å². The van der Waals surface area contributed by atoms with Crippen LogP contribution in [0.1, 0.15) is 28.8 Å². The van der Waals surface area contributed by atoms with E-state index in [0.29, 0.717) is 31.4 Å². The Morgan fingerprint density at radius 2 is 1.90 bits per heavy atom. The lowest BCUT2D eigenvalue weighted by molar-refractivity contribution is -0.138. The van der Waals surface area contributed by atoms with Gasteiger partial charge in [0, 0.05) is 18.5 Å². The number of amides is 1. The molecule has 2 rings (SSSR count). The number of carbonyl (C=O) groups is 1. The van der Waals surface area contributed by atoms with Crippen LogP contribution in [0.4, 0.5) is 13.2 Å². The number of rotatable bonds is 3. The molecule has 0 aromatic heterocycles. The van der Waals surface area contributed by atoms with E-state index in [4.69, 9.17) is 4.74 Å². The van der Waals surface area contributed by atoms with Gasteiger partial charge in [-0.2, -0.15) is 13.2 Å². The third-order valence-electron chi connectivity index (χ3n) is 3.56. The molecule has 3 nitrogen and oxygen atoms in total. The molecule has 0 spiro atoms. The number of benzene rings is 1. The minimum atomic E-state index is -4.55. The Balaban J connectivity index is 2.24. The number of hydrogen-bond acceptors (Lipinski definition) is 2. The molecule has 0 aliphatic carbocycles. The lowest BCUT2D eigenvalue weighted by Gasteiger charge is -2.36. The van der Waals surface area contributed by atoms with E-state index in [0.717, 1.165) is 6.07 Å². The van der Waals surface area contributed by atoms with E-state index >= 15 is 0 Å². The molecule has 0 unspecified atom stereocenters. The van der Waals surface area contributed by atoms with E-state index in [1.165, 1.54) is 18.2 Å².